The molecule has 2 aromatic carbocycles. The zero-order valence-electron chi connectivity index (χ0n) is 14.6. The van der Waals surface area contributed by atoms with Gasteiger partial charge in [-0.05, 0) is 59.8 Å². The van der Waals surface area contributed by atoms with Crippen molar-refractivity contribution in [1.29, 1.82) is 0 Å². The molecule has 3 rings (SSSR count). The van der Waals surface area contributed by atoms with E-state index in [0.29, 0.717) is 3.57 Å². The molecule has 0 saturated heterocycles. The van der Waals surface area contributed by atoms with Crippen molar-refractivity contribution in [3.8, 4) is 0 Å². The maximum Gasteiger partial charge on any atom is 0.265 e. The zero-order chi connectivity index (χ0) is 20.6. The molecule has 0 atom stereocenters. The number of rotatable bonds is 5. The van der Waals surface area contributed by atoms with E-state index in [2.05, 4.69) is 15.1 Å². The van der Waals surface area contributed by atoms with Crippen LogP contribution in [0.2, 0.25) is 0 Å². The summed E-state index contributed by atoms with van der Waals surface area (Å²) in [4.78, 5) is -0.119. The van der Waals surface area contributed by atoms with Crippen LogP contribution in [0, 0.1) is 27.9 Å². The lowest BCUT2D eigenvalue weighted by atomic mass is 10.2. The van der Waals surface area contributed by atoms with Crippen LogP contribution in [0.3, 0.4) is 0 Å². The Labute approximate surface area is 173 Å². The Kier molecular flexibility index (Phi) is 5.57. The van der Waals surface area contributed by atoms with Gasteiger partial charge in [-0.2, -0.15) is 5.10 Å². The molecule has 0 aliphatic heterocycles. The number of sulfonamides is 1. The molecule has 0 fully saturated rings. The Morgan fingerprint density at radius 1 is 1.07 bits per heavy atom. The number of anilines is 3. The predicted octanol–water partition coefficient (Wildman–Crippen LogP) is 4.29. The summed E-state index contributed by atoms with van der Waals surface area (Å²) in [5.74, 6) is -3.26. The summed E-state index contributed by atoms with van der Waals surface area (Å²) in [6.07, 6.45) is 1.28. The van der Waals surface area contributed by atoms with Crippen LogP contribution < -0.4 is 10.0 Å². The van der Waals surface area contributed by atoms with E-state index in [1.807, 2.05) is 22.6 Å². The van der Waals surface area contributed by atoms with E-state index < -0.39 is 33.2 Å². The van der Waals surface area contributed by atoms with Crippen LogP contribution in [0.4, 0.5) is 30.2 Å². The number of aromatic nitrogens is 2. The van der Waals surface area contributed by atoms with E-state index in [1.165, 1.54) is 29.9 Å². The van der Waals surface area contributed by atoms with Crippen LogP contribution >= 0.6 is 22.6 Å². The molecule has 6 nitrogen and oxygen atoms in total. The molecule has 0 bridgehead atoms. The summed E-state index contributed by atoms with van der Waals surface area (Å²) < 4.78 is 71.7. The molecule has 1 aromatic heterocycles. The summed E-state index contributed by atoms with van der Waals surface area (Å²) in [5.41, 5.74) is -0.718. The molecule has 1 heterocycles. The molecular weight excluding hydrogens is 508 g/mol. The molecule has 11 heteroatoms. The van der Waals surface area contributed by atoms with Crippen LogP contribution in [0.1, 0.15) is 5.69 Å². The molecule has 2 N–H and O–H groups in total. The van der Waals surface area contributed by atoms with Gasteiger partial charge in [0.1, 0.15) is 16.4 Å². The molecule has 0 spiro atoms. The first-order valence-corrected chi connectivity index (χ1v) is 10.4. The smallest absolute Gasteiger partial charge is 0.265 e. The average Bonchev–Trinajstić information content (AvgIpc) is 2.95. The number of nitrogens with zero attached hydrogens (tertiary/aromatic N) is 2. The Bertz CT molecular complexity index is 1170. The van der Waals surface area contributed by atoms with Gasteiger partial charge in [0.25, 0.3) is 10.0 Å². The fourth-order valence-corrected chi connectivity index (χ4v) is 4.27. The fourth-order valence-electron chi connectivity index (χ4n) is 2.52. The van der Waals surface area contributed by atoms with Crippen molar-refractivity contribution in [3.05, 3.63) is 63.2 Å². The highest BCUT2D eigenvalue weighted by atomic mass is 127. The van der Waals surface area contributed by atoms with Gasteiger partial charge in [0.15, 0.2) is 11.6 Å². The fraction of sp³-hybridized carbons (Fsp3) is 0.118. The molecule has 0 unspecified atom stereocenters. The maximum absolute atomic E-state index is 14.4. The van der Waals surface area contributed by atoms with Crippen LogP contribution in [0.5, 0.6) is 0 Å². The van der Waals surface area contributed by atoms with Gasteiger partial charge >= 0.3 is 0 Å². The second-order valence-corrected chi connectivity index (χ2v) is 8.79. The summed E-state index contributed by atoms with van der Waals surface area (Å²) >= 11 is 1.90. The topological polar surface area (TPSA) is 76.0 Å². The van der Waals surface area contributed by atoms with Gasteiger partial charge in [-0.15, -0.1) is 0 Å². The SMILES string of the molecule is Cc1nn(C)cc1S(=O)(=O)Nc1ccc(F)c(F)c1Nc1ccc(I)cc1F. The first kappa shape index (κ1) is 20.5. The van der Waals surface area contributed by atoms with Crippen molar-refractivity contribution in [2.45, 2.75) is 11.8 Å². The minimum absolute atomic E-state index is 0.119. The highest BCUT2D eigenvalue weighted by Crippen LogP contribution is 2.33. The van der Waals surface area contributed by atoms with Crippen molar-refractivity contribution in [1.82, 2.24) is 9.78 Å². The highest BCUT2D eigenvalue weighted by molar-refractivity contribution is 14.1. The Balaban J connectivity index is 2.04. The van der Waals surface area contributed by atoms with Crippen molar-refractivity contribution in [2.24, 2.45) is 7.05 Å². The van der Waals surface area contributed by atoms with Crippen molar-refractivity contribution < 1.29 is 21.6 Å². The van der Waals surface area contributed by atoms with E-state index in [4.69, 9.17) is 0 Å². The van der Waals surface area contributed by atoms with Gasteiger partial charge in [0.2, 0.25) is 0 Å². The standard InChI is InChI=1S/C17H14F3IN4O2S/c1-9-15(8-25(2)23-9)28(26,27)24-14-6-4-11(18)16(20)17(14)22-13-5-3-10(21)7-12(13)19/h3-8,22,24H,1-2H3. The maximum atomic E-state index is 14.4. The molecule has 0 aliphatic rings. The molecule has 0 radical (unpaired) electrons. The molecule has 28 heavy (non-hydrogen) atoms. The number of benzene rings is 2. The third kappa shape index (κ3) is 4.09. The number of hydrogen-bond donors (Lipinski definition) is 2. The van der Waals surface area contributed by atoms with Gasteiger partial charge in [0.05, 0.1) is 17.1 Å². The van der Waals surface area contributed by atoms with Gasteiger partial charge in [-0.25, -0.2) is 21.6 Å². The molecule has 0 amide bonds. The van der Waals surface area contributed by atoms with Crippen molar-refractivity contribution in [2.75, 3.05) is 10.0 Å². The lowest BCUT2D eigenvalue weighted by Gasteiger charge is -2.16. The number of aryl methyl sites for hydroxylation is 2. The largest absolute Gasteiger partial charge is 0.349 e. The van der Waals surface area contributed by atoms with E-state index in [0.717, 1.165) is 12.1 Å². The van der Waals surface area contributed by atoms with E-state index in [1.54, 1.807) is 13.1 Å². The third-order valence-electron chi connectivity index (χ3n) is 3.79. The number of halogens is 4. The Morgan fingerprint density at radius 2 is 1.75 bits per heavy atom. The van der Waals surface area contributed by atoms with Crippen LogP contribution in [0.15, 0.2) is 41.4 Å². The lowest BCUT2D eigenvalue weighted by Crippen LogP contribution is -2.15. The zero-order valence-corrected chi connectivity index (χ0v) is 17.6. The van der Waals surface area contributed by atoms with Crippen LogP contribution in [0.25, 0.3) is 0 Å². The van der Waals surface area contributed by atoms with E-state index in [9.17, 15) is 21.6 Å². The molecule has 3 aromatic rings. The summed E-state index contributed by atoms with van der Waals surface area (Å²) in [5, 5.41) is 6.39. The second-order valence-electron chi connectivity index (χ2n) is 5.89. The van der Waals surface area contributed by atoms with Crippen molar-refractivity contribution >= 4 is 49.7 Å². The number of hydrogen-bond acceptors (Lipinski definition) is 4. The molecule has 148 valence electrons. The summed E-state index contributed by atoms with van der Waals surface area (Å²) in [6.45, 7) is 1.50. The normalized spacial score (nSPS) is 11.5. The van der Waals surface area contributed by atoms with E-state index >= 15 is 0 Å². The first-order chi connectivity index (χ1) is 13.1. The lowest BCUT2D eigenvalue weighted by molar-refractivity contribution is 0.512. The Morgan fingerprint density at radius 3 is 2.36 bits per heavy atom. The molecular formula is C17H14F3IN4O2S. The first-order valence-electron chi connectivity index (χ1n) is 7.81. The molecule has 0 aliphatic carbocycles. The van der Waals surface area contributed by atoms with Gasteiger partial charge in [0, 0.05) is 16.8 Å². The monoisotopic (exact) mass is 522 g/mol. The number of nitrogens with one attached hydrogen (secondary N) is 2. The minimum Gasteiger partial charge on any atom is -0.349 e. The summed E-state index contributed by atoms with van der Waals surface area (Å²) in [6, 6.07) is 5.92. The summed E-state index contributed by atoms with van der Waals surface area (Å²) in [7, 11) is -2.59. The van der Waals surface area contributed by atoms with Crippen LogP contribution in [-0.4, -0.2) is 18.2 Å². The average molecular weight is 522 g/mol. The molecule has 0 saturated carbocycles. The predicted molar refractivity (Wildman–Crippen MR) is 108 cm³/mol. The van der Waals surface area contributed by atoms with Crippen LogP contribution in [-0.2, 0) is 17.1 Å². The van der Waals surface area contributed by atoms with E-state index in [-0.39, 0.29) is 22.0 Å². The second kappa shape index (κ2) is 7.62. The van der Waals surface area contributed by atoms with Gasteiger partial charge in [-0.1, -0.05) is 0 Å². The minimum atomic E-state index is -4.14. The van der Waals surface area contributed by atoms with Gasteiger partial charge < -0.3 is 5.32 Å². The third-order valence-corrected chi connectivity index (χ3v) is 5.93. The Hall–Kier alpha value is -2.28. The van der Waals surface area contributed by atoms with Crippen molar-refractivity contribution in [3.63, 3.8) is 0 Å². The quantitative estimate of drug-likeness (QED) is 0.491. The van der Waals surface area contributed by atoms with Gasteiger partial charge in [-0.3, -0.25) is 9.40 Å². The highest BCUT2D eigenvalue weighted by Gasteiger charge is 2.24.